The van der Waals surface area contributed by atoms with Gasteiger partial charge in [0.2, 0.25) is 0 Å². The molecule has 0 saturated carbocycles. The minimum Gasteiger partial charge on any atom is -0.497 e. The number of aliphatic hydroxyl groups excluding tert-OH is 1. The van der Waals surface area contributed by atoms with Crippen LogP contribution < -0.4 is 4.74 Å². The highest BCUT2D eigenvalue weighted by Gasteiger charge is 2.56. The maximum absolute atomic E-state index is 10.4. The highest BCUT2D eigenvalue weighted by Crippen LogP contribution is 2.39. The Kier molecular flexibility index (Phi) is 2.70. The van der Waals surface area contributed by atoms with Crippen LogP contribution in [-0.2, 0) is 14.3 Å². The van der Waals surface area contributed by atoms with E-state index in [4.69, 9.17) is 19.0 Å². The van der Waals surface area contributed by atoms with E-state index < -0.39 is 12.4 Å². The minimum absolute atomic E-state index is 0.159. The van der Waals surface area contributed by atoms with Gasteiger partial charge in [0, 0.05) is 5.56 Å². The van der Waals surface area contributed by atoms with E-state index in [-0.39, 0.29) is 18.1 Å². The predicted octanol–water partition coefficient (Wildman–Crippen LogP) is 0.530. The van der Waals surface area contributed by atoms with Crippen molar-refractivity contribution in [2.45, 2.75) is 24.6 Å². The summed E-state index contributed by atoms with van der Waals surface area (Å²) in [6, 6.07) is 7.55. The van der Waals surface area contributed by atoms with Crippen molar-refractivity contribution >= 4 is 5.71 Å². The van der Waals surface area contributed by atoms with Gasteiger partial charge in [0.15, 0.2) is 12.4 Å². The average molecular weight is 277 g/mol. The van der Waals surface area contributed by atoms with Crippen LogP contribution in [0, 0.1) is 5.92 Å². The standard InChI is InChI=1S/C14H15NO5/c1-17-8-4-2-7(3-5-8)11-10-12(16)14-18-6-9(19-14)13(10)20-15-11/h2-5,9-10,12-14,16H,6H2,1H3/t9-,10+,12+,13-,14-/m1/s1. The lowest BCUT2D eigenvalue weighted by molar-refractivity contribution is -0.197. The second-order valence-corrected chi connectivity index (χ2v) is 5.17. The summed E-state index contributed by atoms with van der Waals surface area (Å²) in [7, 11) is 1.62. The molecule has 2 bridgehead atoms. The Bertz CT molecular complexity index is 543. The molecule has 0 radical (unpaired) electrons. The van der Waals surface area contributed by atoms with Crippen LogP contribution in [0.3, 0.4) is 0 Å². The molecule has 6 nitrogen and oxygen atoms in total. The normalized spacial score (nSPS) is 38.1. The van der Waals surface area contributed by atoms with Crippen LogP contribution in [0.25, 0.3) is 0 Å². The smallest absolute Gasteiger partial charge is 0.184 e. The van der Waals surface area contributed by atoms with Crippen LogP contribution in [0.1, 0.15) is 5.56 Å². The second-order valence-electron chi connectivity index (χ2n) is 5.17. The molecule has 0 amide bonds. The van der Waals surface area contributed by atoms with Crippen molar-refractivity contribution in [3.05, 3.63) is 29.8 Å². The summed E-state index contributed by atoms with van der Waals surface area (Å²) in [5, 5.41) is 14.5. The van der Waals surface area contributed by atoms with Gasteiger partial charge in [-0.15, -0.1) is 0 Å². The lowest BCUT2D eigenvalue weighted by Crippen LogP contribution is -2.51. The van der Waals surface area contributed by atoms with Crippen LogP contribution in [0.2, 0.25) is 0 Å². The van der Waals surface area contributed by atoms with Crippen LogP contribution in [-0.4, -0.2) is 49.1 Å². The van der Waals surface area contributed by atoms with Gasteiger partial charge >= 0.3 is 0 Å². The molecule has 3 aliphatic heterocycles. The molecule has 2 fully saturated rings. The van der Waals surface area contributed by atoms with Crippen LogP contribution in [0.5, 0.6) is 5.75 Å². The zero-order valence-corrected chi connectivity index (χ0v) is 10.9. The molecular formula is C14H15NO5. The van der Waals surface area contributed by atoms with Gasteiger partial charge in [0.25, 0.3) is 0 Å². The first kappa shape index (κ1) is 12.1. The second kappa shape index (κ2) is 4.44. The monoisotopic (exact) mass is 277 g/mol. The highest BCUT2D eigenvalue weighted by atomic mass is 16.8. The Labute approximate surface area is 115 Å². The Morgan fingerprint density at radius 2 is 2.10 bits per heavy atom. The number of hydrogen-bond acceptors (Lipinski definition) is 6. The van der Waals surface area contributed by atoms with E-state index in [0.29, 0.717) is 6.61 Å². The highest BCUT2D eigenvalue weighted by molar-refractivity contribution is 6.03. The summed E-state index contributed by atoms with van der Waals surface area (Å²) in [5.74, 6) is 0.565. The van der Waals surface area contributed by atoms with E-state index >= 15 is 0 Å². The van der Waals surface area contributed by atoms with E-state index in [1.54, 1.807) is 7.11 Å². The van der Waals surface area contributed by atoms with Crippen LogP contribution >= 0.6 is 0 Å². The van der Waals surface area contributed by atoms with Gasteiger partial charge in [0.1, 0.15) is 18.0 Å². The third-order valence-corrected chi connectivity index (χ3v) is 4.08. The first-order valence-electron chi connectivity index (χ1n) is 6.61. The van der Waals surface area contributed by atoms with Crippen molar-refractivity contribution in [1.29, 1.82) is 0 Å². The molecule has 106 valence electrons. The molecule has 5 atom stereocenters. The number of rotatable bonds is 2. The van der Waals surface area contributed by atoms with Crippen molar-refractivity contribution in [2.24, 2.45) is 11.1 Å². The maximum atomic E-state index is 10.4. The molecule has 1 aromatic carbocycles. The van der Waals surface area contributed by atoms with Crippen molar-refractivity contribution in [2.75, 3.05) is 13.7 Å². The number of benzene rings is 1. The number of fused-ring (bicyclic) bond motifs is 4. The zero-order chi connectivity index (χ0) is 13.7. The van der Waals surface area contributed by atoms with Crippen LogP contribution in [0.4, 0.5) is 0 Å². The summed E-state index contributed by atoms with van der Waals surface area (Å²) in [6.45, 7) is 0.439. The van der Waals surface area contributed by atoms with Crippen molar-refractivity contribution in [1.82, 2.24) is 0 Å². The van der Waals surface area contributed by atoms with Gasteiger partial charge in [-0.3, -0.25) is 0 Å². The molecule has 3 aliphatic rings. The van der Waals surface area contributed by atoms with E-state index in [1.807, 2.05) is 24.3 Å². The number of ether oxygens (including phenoxy) is 3. The molecule has 6 heteroatoms. The summed E-state index contributed by atoms with van der Waals surface area (Å²) < 4.78 is 16.1. The van der Waals surface area contributed by atoms with E-state index in [9.17, 15) is 5.11 Å². The molecule has 4 rings (SSSR count). The third-order valence-electron chi connectivity index (χ3n) is 4.08. The number of nitrogens with zero attached hydrogens (tertiary/aromatic N) is 1. The quantitative estimate of drug-likeness (QED) is 0.854. The van der Waals surface area contributed by atoms with Gasteiger partial charge in [-0.2, -0.15) is 0 Å². The first-order chi connectivity index (χ1) is 9.78. The Morgan fingerprint density at radius 1 is 1.30 bits per heavy atom. The zero-order valence-electron chi connectivity index (χ0n) is 10.9. The van der Waals surface area contributed by atoms with E-state index in [1.165, 1.54) is 0 Å². The molecule has 1 N–H and O–H groups in total. The third kappa shape index (κ3) is 1.65. The molecule has 1 aromatic rings. The topological polar surface area (TPSA) is 69.5 Å². The predicted molar refractivity (Wildman–Crippen MR) is 68.5 cm³/mol. The van der Waals surface area contributed by atoms with Crippen molar-refractivity contribution < 1.29 is 24.2 Å². The Morgan fingerprint density at radius 3 is 2.85 bits per heavy atom. The van der Waals surface area contributed by atoms with E-state index in [2.05, 4.69) is 5.16 Å². The average Bonchev–Trinajstić information content (AvgIpc) is 3.11. The maximum Gasteiger partial charge on any atom is 0.184 e. The van der Waals surface area contributed by atoms with Gasteiger partial charge < -0.3 is 24.2 Å². The molecule has 3 heterocycles. The van der Waals surface area contributed by atoms with E-state index in [0.717, 1.165) is 17.0 Å². The number of oxime groups is 1. The van der Waals surface area contributed by atoms with Gasteiger partial charge in [-0.05, 0) is 24.3 Å². The fourth-order valence-electron chi connectivity index (χ4n) is 3.02. The fourth-order valence-corrected chi connectivity index (χ4v) is 3.02. The van der Waals surface area contributed by atoms with Gasteiger partial charge in [-0.25, -0.2) is 0 Å². The fraction of sp³-hybridized carbons (Fsp3) is 0.500. The van der Waals surface area contributed by atoms with Crippen molar-refractivity contribution in [3.8, 4) is 5.75 Å². The summed E-state index contributed by atoms with van der Waals surface area (Å²) >= 11 is 0. The molecule has 20 heavy (non-hydrogen) atoms. The molecular weight excluding hydrogens is 262 g/mol. The van der Waals surface area contributed by atoms with Gasteiger partial charge in [-0.1, -0.05) is 5.16 Å². The lowest BCUT2D eigenvalue weighted by atomic mass is 9.84. The Hall–Kier alpha value is -1.63. The Balaban J connectivity index is 1.65. The number of hydrogen-bond donors (Lipinski definition) is 1. The molecule has 2 saturated heterocycles. The number of aliphatic hydroxyl groups is 1. The first-order valence-corrected chi connectivity index (χ1v) is 6.61. The minimum atomic E-state index is -0.762. The molecule has 0 aromatic heterocycles. The summed E-state index contributed by atoms with van der Waals surface area (Å²) in [5.41, 5.74) is 1.66. The van der Waals surface area contributed by atoms with Gasteiger partial charge in [0.05, 0.1) is 25.3 Å². The molecule has 0 spiro atoms. The lowest BCUT2D eigenvalue weighted by Gasteiger charge is -2.32. The summed E-state index contributed by atoms with van der Waals surface area (Å²) in [6.07, 6.45) is -1.78. The molecule has 0 unspecified atom stereocenters. The largest absolute Gasteiger partial charge is 0.497 e. The van der Waals surface area contributed by atoms with Crippen molar-refractivity contribution in [3.63, 3.8) is 0 Å². The SMILES string of the molecule is COc1ccc(C2=NO[C@H]3[C@@H]2[C@H](O)[C@@H]2OC[C@H]3O2)cc1. The number of methoxy groups -OCH3 is 1. The van der Waals surface area contributed by atoms with Crippen LogP contribution in [0.15, 0.2) is 29.4 Å². The summed E-state index contributed by atoms with van der Waals surface area (Å²) in [4.78, 5) is 5.47. The molecule has 0 aliphatic carbocycles.